The highest BCUT2D eigenvalue weighted by molar-refractivity contribution is 5.66. The van der Waals surface area contributed by atoms with Crippen LogP contribution >= 0.6 is 0 Å². The zero-order chi connectivity index (χ0) is 25.4. The predicted octanol–water partition coefficient (Wildman–Crippen LogP) is 7.03. The highest BCUT2D eigenvalue weighted by Crippen LogP contribution is 2.46. The fraction of sp³-hybridized carbons (Fsp3) is 0.500. The number of halogens is 3. The Bertz CT molecular complexity index is 1070. The number of nitrogens with zero attached hydrogens (tertiary/aromatic N) is 1. The van der Waals surface area contributed by atoms with Gasteiger partial charge in [-0.2, -0.15) is 13.2 Å². The number of ether oxygens (including phenoxy) is 1. The number of benzene rings is 1. The molecule has 0 aliphatic carbocycles. The normalized spacial score (nSPS) is 14.5. The molecule has 0 bridgehead atoms. The van der Waals surface area contributed by atoms with Crippen molar-refractivity contribution >= 4 is 11.8 Å². The summed E-state index contributed by atoms with van der Waals surface area (Å²) in [6.45, 7) is 22.1. The number of hydrogen-bond acceptors (Lipinski definition) is 2. The fourth-order valence-corrected chi connectivity index (χ4v) is 4.24. The lowest BCUT2D eigenvalue weighted by molar-refractivity contribution is -0.266. The molecule has 4 nitrogen and oxygen atoms in total. The summed E-state index contributed by atoms with van der Waals surface area (Å²) < 4.78 is 48.4. The van der Waals surface area contributed by atoms with Crippen molar-refractivity contribution in [3.05, 3.63) is 64.3 Å². The molecule has 2 aromatic rings. The van der Waals surface area contributed by atoms with Gasteiger partial charge >= 0.3 is 6.18 Å². The highest BCUT2D eigenvalue weighted by Gasteiger charge is 2.56. The second-order valence-corrected chi connectivity index (χ2v) is 10.2. The van der Waals surface area contributed by atoms with Crippen LogP contribution < -0.4 is 4.74 Å². The monoisotopic (exact) mass is 462 g/mol. The quantitative estimate of drug-likeness (QED) is 0.434. The van der Waals surface area contributed by atoms with E-state index >= 15 is 0 Å². The topological polar surface area (TPSA) is 49.6 Å². The summed E-state index contributed by atoms with van der Waals surface area (Å²) in [5.74, 6) is 0.462. The van der Waals surface area contributed by atoms with Gasteiger partial charge in [0.05, 0.1) is 13.7 Å². The second-order valence-electron chi connectivity index (χ2n) is 10.2. The van der Waals surface area contributed by atoms with Gasteiger partial charge in [-0.15, -0.1) is 0 Å². The van der Waals surface area contributed by atoms with Crippen LogP contribution in [-0.4, -0.2) is 29.0 Å². The van der Waals surface area contributed by atoms with Crippen LogP contribution in [-0.2, 0) is 17.3 Å². The largest absolute Gasteiger partial charge is 0.496 e. The lowest BCUT2D eigenvalue weighted by Crippen LogP contribution is -2.51. The molecule has 33 heavy (non-hydrogen) atoms. The number of nitrogens with one attached hydrogen (secondary N) is 1. The molecular formula is C26H33F3N2O2. The van der Waals surface area contributed by atoms with E-state index in [0.29, 0.717) is 22.6 Å². The number of aromatic nitrogens is 1. The molecule has 1 heterocycles. The summed E-state index contributed by atoms with van der Waals surface area (Å²) in [6, 6.07) is 5.51. The molecule has 0 aliphatic rings. The van der Waals surface area contributed by atoms with Crippen LogP contribution in [0.2, 0.25) is 0 Å². The van der Waals surface area contributed by atoms with Gasteiger partial charge < -0.3 is 14.8 Å². The first-order chi connectivity index (χ1) is 15.0. The molecule has 1 unspecified atom stereocenters. The van der Waals surface area contributed by atoms with Crippen molar-refractivity contribution in [3.63, 3.8) is 0 Å². The SMILES string of the molecule is [C-]#[N+]c1c(CC(O)(CC(C)(C)c2cc(C(C)(C)C)ccc2OC)C(F)(F)F)[nH]c(C=C)c1C. The third kappa shape index (κ3) is 5.27. The zero-order valence-electron chi connectivity index (χ0n) is 20.4. The van der Waals surface area contributed by atoms with Gasteiger partial charge in [-0.25, -0.2) is 4.85 Å². The Morgan fingerprint density at radius 3 is 2.24 bits per heavy atom. The van der Waals surface area contributed by atoms with Crippen LogP contribution in [0, 0.1) is 13.5 Å². The Morgan fingerprint density at radius 2 is 1.79 bits per heavy atom. The van der Waals surface area contributed by atoms with E-state index in [0.717, 1.165) is 5.56 Å². The molecule has 0 radical (unpaired) electrons. The average molecular weight is 463 g/mol. The Labute approximate surface area is 194 Å². The summed E-state index contributed by atoms with van der Waals surface area (Å²) in [7, 11) is 1.47. The zero-order valence-corrected chi connectivity index (χ0v) is 20.4. The Balaban J connectivity index is 2.60. The highest BCUT2D eigenvalue weighted by atomic mass is 19.4. The molecule has 1 aromatic heterocycles. The first kappa shape index (κ1) is 26.5. The van der Waals surface area contributed by atoms with Gasteiger partial charge in [-0.05, 0) is 47.4 Å². The molecule has 0 saturated heterocycles. The molecule has 1 aromatic carbocycles. The molecule has 7 heteroatoms. The molecule has 0 amide bonds. The van der Waals surface area contributed by atoms with Crippen molar-refractivity contribution in [1.82, 2.24) is 4.98 Å². The molecule has 1 atom stereocenters. The minimum atomic E-state index is -4.92. The first-order valence-electron chi connectivity index (χ1n) is 10.7. The molecule has 0 fully saturated rings. The van der Waals surface area contributed by atoms with Gasteiger partial charge in [0.15, 0.2) is 5.60 Å². The van der Waals surface area contributed by atoms with Gasteiger partial charge in [-0.3, -0.25) is 0 Å². The summed E-state index contributed by atoms with van der Waals surface area (Å²) >= 11 is 0. The van der Waals surface area contributed by atoms with E-state index in [-0.39, 0.29) is 16.8 Å². The van der Waals surface area contributed by atoms with Crippen molar-refractivity contribution in [1.29, 1.82) is 0 Å². The number of methoxy groups -OCH3 is 1. The van der Waals surface area contributed by atoms with Crippen molar-refractivity contribution in [2.24, 2.45) is 0 Å². The molecule has 0 spiro atoms. The van der Waals surface area contributed by atoms with Crippen LogP contribution in [0.25, 0.3) is 10.9 Å². The molecule has 0 aliphatic heterocycles. The molecular weight excluding hydrogens is 429 g/mol. The molecule has 180 valence electrons. The Hall–Kier alpha value is -2.72. The standard InChI is InChI=1S/C26H33F3N2O2/c1-10-19-16(2)22(30-8)20(31-19)14-25(32,26(27,28)29)15-24(6,7)18-13-17(23(3,4)5)11-12-21(18)33-9/h10-13,31-32H,1,14-15H2,2-7,9H3. The average Bonchev–Trinajstić information content (AvgIpc) is 2.99. The summed E-state index contributed by atoms with van der Waals surface area (Å²) in [6.07, 6.45) is -4.86. The fourth-order valence-electron chi connectivity index (χ4n) is 4.24. The van der Waals surface area contributed by atoms with Crippen LogP contribution in [0.15, 0.2) is 24.8 Å². The Morgan fingerprint density at radius 1 is 1.18 bits per heavy atom. The molecule has 2 rings (SSSR count). The van der Waals surface area contributed by atoms with Gasteiger partial charge in [-0.1, -0.05) is 53.3 Å². The van der Waals surface area contributed by atoms with E-state index in [1.54, 1.807) is 26.8 Å². The predicted molar refractivity (Wildman–Crippen MR) is 126 cm³/mol. The van der Waals surface area contributed by atoms with Crippen molar-refractivity contribution in [2.75, 3.05) is 7.11 Å². The summed E-state index contributed by atoms with van der Waals surface area (Å²) in [5, 5.41) is 11.1. The minimum absolute atomic E-state index is 0.0448. The molecule has 0 saturated carbocycles. The van der Waals surface area contributed by atoms with Crippen LogP contribution in [0.3, 0.4) is 0 Å². The first-order valence-corrected chi connectivity index (χ1v) is 10.7. The number of H-pyrrole nitrogens is 1. The van der Waals surface area contributed by atoms with Crippen molar-refractivity contribution < 1.29 is 23.0 Å². The lowest BCUT2D eigenvalue weighted by atomic mass is 9.71. The summed E-state index contributed by atoms with van der Waals surface area (Å²) in [5.41, 5.74) is -1.75. The number of alkyl halides is 3. The maximum atomic E-state index is 14.3. The van der Waals surface area contributed by atoms with E-state index in [4.69, 9.17) is 11.3 Å². The van der Waals surface area contributed by atoms with Gasteiger partial charge in [0.25, 0.3) is 0 Å². The van der Waals surface area contributed by atoms with E-state index in [9.17, 15) is 18.3 Å². The van der Waals surface area contributed by atoms with Gasteiger partial charge in [0.1, 0.15) is 5.75 Å². The maximum Gasteiger partial charge on any atom is 0.417 e. The maximum absolute atomic E-state index is 14.3. The van der Waals surface area contributed by atoms with Crippen LogP contribution in [0.4, 0.5) is 18.9 Å². The third-order valence-corrected chi connectivity index (χ3v) is 6.17. The number of rotatable bonds is 7. The van der Waals surface area contributed by atoms with E-state index < -0.39 is 30.0 Å². The number of hydrogen-bond donors (Lipinski definition) is 2. The molecule has 2 N–H and O–H groups in total. The van der Waals surface area contributed by atoms with E-state index in [1.807, 2.05) is 32.9 Å². The van der Waals surface area contributed by atoms with Gasteiger partial charge in [0, 0.05) is 23.4 Å². The smallest absolute Gasteiger partial charge is 0.417 e. The minimum Gasteiger partial charge on any atom is -0.496 e. The van der Waals surface area contributed by atoms with Crippen LogP contribution in [0.1, 0.15) is 69.1 Å². The lowest BCUT2D eigenvalue weighted by Gasteiger charge is -2.39. The number of aromatic amines is 1. The Kier molecular flexibility index (Phi) is 7.16. The van der Waals surface area contributed by atoms with Crippen molar-refractivity contribution in [2.45, 2.75) is 77.0 Å². The van der Waals surface area contributed by atoms with Crippen LogP contribution in [0.5, 0.6) is 5.75 Å². The number of aliphatic hydroxyl groups is 1. The van der Waals surface area contributed by atoms with E-state index in [1.165, 1.54) is 13.2 Å². The van der Waals surface area contributed by atoms with Crippen molar-refractivity contribution in [3.8, 4) is 5.75 Å². The third-order valence-electron chi connectivity index (χ3n) is 6.17. The van der Waals surface area contributed by atoms with E-state index in [2.05, 4.69) is 16.4 Å². The summed E-state index contributed by atoms with van der Waals surface area (Å²) in [4.78, 5) is 6.24. The van der Waals surface area contributed by atoms with Gasteiger partial charge in [0.2, 0.25) is 5.69 Å². The second kappa shape index (κ2) is 8.90.